The van der Waals surface area contributed by atoms with Gasteiger partial charge in [-0.2, -0.15) is 0 Å². The van der Waals surface area contributed by atoms with Gasteiger partial charge in [0.05, 0.1) is 10.9 Å². The van der Waals surface area contributed by atoms with E-state index in [4.69, 9.17) is 4.74 Å². The maximum atomic E-state index is 12.7. The molecule has 0 saturated heterocycles. The molecule has 3 unspecified atom stereocenters. The molecule has 0 N–H and O–H groups in total. The summed E-state index contributed by atoms with van der Waals surface area (Å²) in [6.07, 6.45) is 8.75. The summed E-state index contributed by atoms with van der Waals surface area (Å²) in [4.78, 5) is 37.4. The zero-order chi connectivity index (χ0) is 25.9. The zero-order valence-corrected chi connectivity index (χ0v) is 23.7. The largest absolute Gasteiger partial charge is 0.460 e. The minimum atomic E-state index is -0.366. The van der Waals surface area contributed by atoms with Gasteiger partial charge in [0.15, 0.2) is 0 Å². The van der Waals surface area contributed by atoms with Crippen molar-refractivity contribution >= 4 is 33.5 Å². The van der Waals surface area contributed by atoms with Crippen LogP contribution in [0.5, 0.6) is 0 Å². The van der Waals surface area contributed by atoms with E-state index in [1.54, 1.807) is 13.8 Å². The molecule has 0 heterocycles. The van der Waals surface area contributed by atoms with Crippen LogP contribution in [0, 0.1) is 0 Å². The van der Waals surface area contributed by atoms with Crippen LogP contribution in [-0.2, 0) is 25.7 Å². The number of Topliss-reactive ketones (excluding diaryl/α,β-unsaturated/α-hetero) is 2. The Hall–Kier alpha value is -1.53. The molecule has 5 nitrogen and oxygen atoms in total. The quantitative estimate of drug-likeness (QED) is 0.169. The van der Waals surface area contributed by atoms with Crippen LogP contribution in [0.1, 0.15) is 98.0 Å². The van der Waals surface area contributed by atoms with Crippen molar-refractivity contribution in [3.8, 4) is 0 Å². The van der Waals surface area contributed by atoms with Crippen molar-refractivity contribution in [3.05, 3.63) is 35.9 Å². The van der Waals surface area contributed by atoms with E-state index in [2.05, 4.69) is 36.7 Å². The summed E-state index contributed by atoms with van der Waals surface area (Å²) in [6, 6.07) is 9.10. The molecule has 0 aliphatic carbocycles. The summed E-state index contributed by atoms with van der Waals surface area (Å²) in [6.45, 7) is 9.85. The maximum absolute atomic E-state index is 12.7. The number of benzene rings is 1. The summed E-state index contributed by atoms with van der Waals surface area (Å²) in [5, 5.41) is 0. The highest BCUT2D eigenvalue weighted by Gasteiger charge is 2.31. The van der Waals surface area contributed by atoms with E-state index in [0.29, 0.717) is 0 Å². The van der Waals surface area contributed by atoms with Gasteiger partial charge in [-0.1, -0.05) is 106 Å². The van der Waals surface area contributed by atoms with Gasteiger partial charge in [-0.3, -0.25) is 19.3 Å². The number of carbonyl (C=O) groups is 3. The van der Waals surface area contributed by atoms with Gasteiger partial charge in [0.25, 0.3) is 0 Å². The van der Waals surface area contributed by atoms with Crippen LogP contribution < -0.4 is 0 Å². The Morgan fingerprint density at radius 2 is 1.32 bits per heavy atom. The number of hydrogen-bond acceptors (Lipinski definition) is 5. The molecule has 1 rings (SSSR count). The summed E-state index contributed by atoms with van der Waals surface area (Å²) in [5.74, 6) is 0.124. The normalized spacial score (nSPS) is 13.4. The van der Waals surface area contributed by atoms with Crippen LogP contribution in [-0.4, -0.2) is 46.4 Å². The van der Waals surface area contributed by atoms with Gasteiger partial charge in [0, 0.05) is 0 Å². The highest BCUT2D eigenvalue weighted by Crippen LogP contribution is 2.18. The number of nitrogens with zero attached hydrogens (tertiary/aromatic N) is 1. The van der Waals surface area contributed by atoms with E-state index in [1.807, 2.05) is 42.3 Å². The lowest BCUT2D eigenvalue weighted by atomic mass is 10.0. The van der Waals surface area contributed by atoms with Crippen molar-refractivity contribution in [3.63, 3.8) is 0 Å². The number of likely N-dealkylation sites (N-methyl/N-ethyl adjacent to an activating group) is 1. The molecule has 0 spiro atoms. The molecule has 34 heavy (non-hydrogen) atoms. The van der Waals surface area contributed by atoms with Gasteiger partial charge in [0.1, 0.15) is 24.2 Å². The molecule has 0 aromatic heterocycles. The molecule has 6 heteroatoms. The minimum Gasteiger partial charge on any atom is -0.460 e. The van der Waals surface area contributed by atoms with E-state index in [1.165, 1.54) is 0 Å². The van der Waals surface area contributed by atoms with Gasteiger partial charge in [-0.15, -0.1) is 0 Å². The second kappa shape index (κ2) is 19.7. The summed E-state index contributed by atoms with van der Waals surface area (Å²) < 4.78 is 5.55. The molecule has 0 bridgehead atoms. The molecular weight excluding hydrogens is 494 g/mol. The average Bonchev–Trinajstić information content (AvgIpc) is 2.82. The van der Waals surface area contributed by atoms with Crippen LogP contribution in [0.3, 0.4) is 0 Å². The van der Waals surface area contributed by atoms with Gasteiger partial charge in [-0.05, 0) is 45.7 Å². The van der Waals surface area contributed by atoms with Gasteiger partial charge in [0.2, 0.25) is 0 Å². The number of hydrogen-bond donors (Lipinski definition) is 0. The van der Waals surface area contributed by atoms with E-state index >= 15 is 0 Å². The fourth-order valence-electron chi connectivity index (χ4n) is 3.61. The van der Waals surface area contributed by atoms with E-state index < -0.39 is 0 Å². The Balaban J connectivity index is 0.00000102. The number of ketones is 2. The molecule has 0 amide bonds. The fraction of sp³-hybridized carbons (Fsp3) is 0.679. The third-order valence-corrected chi connectivity index (χ3v) is 6.97. The van der Waals surface area contributed by atoms with Crippen molar-refractivity contribution in [2.75, 3.05) is 7.05 Å². The number of carbonyl (C=O) groups excluding carboxylic acids is 3. The predicted octanol–water partition coefficient (Wildman–Crippen LogP) is 6.90. The van der Waals surface area contributed by atoms with Gasteiger partial charge < -0.3 is 4.74 Å². The first-order valence-corrected chi connectivity index (χ1v) is 13.7. The average molecular weight is 541 g/mol. The third kappa shape index (κ3) is 14.0. The van der Waals surface area contributed by atoms with Crippen LogP contribution >= 0.6 is 15.9 Å². The van der Waals surface area contributed by atoms with Crippen LogP contribution in [0.2, 0.25) is 0 Å². The van der Waals surface area contributed by atoms with E-state index in [-0.39, 0.29) is 41.1 Å². The summed E-state index contributed by atoms with van der Waals surface area (Å²) in [5.41, 5.74) is 0.974. The summed E-state index contributed by atoms with van der Waals surface area (Å²) >= 11 is 3.29. The Bertz CT molecular complexity index is 695. The lowest BCUT2D eigenvalue weighted by Gasteiger charge is -2.32. The monoisotopic (exact) mass is 539 g/mol. The van der Waals surface area contributed by atoms with Crippen molar-refractivity contribution in [2.45, 2.75) is 116 Å². The van der Waals surface area contributed by atoms with Gasteiger partial charge >= 0.3 is 5.97 Å². The first kappa shape index (κ1) is 32.5. The van der Waals surface area contributed by atoms with E-state index in [0.717, 1.165) is 63.4 Å². The predicted molar refractivity (Wildman–Crippen MR) is 144 cm³/mol. The molecular formula is C28H46BrNO4. The number of ether oxygens (including phenoxy) is 1. The summed E-state index contributed by atoms with van der Waals surface area (Å²) in [7, 11) is 1.88. The van der Waals surface area contributed by atoms with Crippen LogP contribution in [0.15, 0.2) is 30.3 Å². The molecule has 0 aliphatic rings. The molecule has 1 aromatic rings. The number of rotatable bonds is 16. The molecule has 1 aromatic carbocycles. The highest BCUT2D eigenvalue weighted by atomic mass is 79.9. The lowest BCUT2D eigenvalue weighted by Crippen LogP contribution is -2.48. The Kier molecular flexibility index (Phi) is 18.9. The van der Waals surface area contributed by atoms with Crippen LogP contribution in [0.25, 0.3) is 0 Å². The van der Waals surface area contributed by atoms with E-state index in [9.17, 15) is 14.4 Å². The van der Waals surface area contributed by atoms with Crippen molar-refractivity contribution < 1.29 is 19.1 Å². The fourth-order valence-corrected chi connectivity index (χ4v) is 3.93. The number of esters is 1. The molecule has 0 aliphatic heterocycles. The number of unbranched alkanes of at least 4 members (excludes halogenated alkanes) is 3. The lowest BCUT2D eigenvalue weighted by molar-refractivity contribution is -0.152. The molecule has 0 radical (unpaired) electrons. The Labute approximate surface area is 216 Å². The zero-order valence-electron chi connectivity index (χ0n) is 22.1. The second-order valence-corrected chi connectivity index (χ2v) is 10.0. The molecule has 0 saturated carbocycles. The molecule has 194 valence electrons. The molecule has 0 fully saturated rings. The van der Waals surface area contributed by atoms with Crippen molar-refractivity contribution in [1.82, 2.24) is 4.90 Å². The first-order valence-electron chi connectivity index (χ1n) is 12.8. The van der Waals surface area contributed by atoms with Crippen molar-refractivity contribution in [1.29, 1.82) is 0 Å². The maximum Gasteiger partial charge on any atom is 0.323 e. The number of alkyl halides is 1. The SMILES string of the molecule is CCCCC(Br)C(C)=O.CCCCC(C(C)=O)N(C)C(CCCC)C(=O)OCc1ccccc1. The Morgan fingerprint density at radius 3 is 1.79 bits per heavy atom. The van der Waals surface area contributed by atoms with Crippen LogP contribution in [0.4, 0.5) is 0 Å². The standard InChI is InChI=1S/C21H33NO3.C7H13BrO/c1-5-7-14-19(17(3)23)22(4)20(15-8-6-2)21(24)25-16-18-12-10-9-11-13-18;1-3-4-5-7(8)6(2)9/h9-13,19-20H,5-8,14-16H2,1-4H3;7H,3-5H2,1-2H3. The first-order chi connectivity index (χ1) is 16.2. The third-order valence-electron chi connectivity index (χ3n) is 5.86. The minimum absolute atomic E-state index is 0.0949. The Morgan fingerprint density at radius 1 is 0.824 bits per heavy atom. The highest BCUT2D eigenvalue weighted by molar-refractivity contribution is 9.10. The number of halogens is 1. The van der Waals surface area contributed by atoms with Gasteiger partial charge in [-0.25, -0.2) is 0 Å². The van der Waals surface area contributed by atoms with Crippen molar-refractivity contribution in [2.24, 2.45) is 0 Å². The smallest absolute Gasteiger partial charge is 0.323 e. The topological polar surface area (TPSA) is 63.7 Å². The second-order valence-electron chi connectivity index (χ2n) is 8.91. The molecule has 3 atom stereocenters.